The predicted octanol–water partition coefficient (Wildman–Crippen LogP) is 4.48. The molecule has 0 fully saturated rings. The Balaban J connectivity index is 1.75. The van der Waals surface area contributed by atoms with Crippen LogP contribution in [0.2, 0.25) is 0 Å². The highest BCUT2D eigenvalue weighted by atomic mass is 16.5. The number of ether oxygens (including phenoxy) is 1. The third-order valence-corrected chi connectivity index (χ3v) is 5.43. The molecule has 1 atom stereocenters. The molecular formula is C25H22N2O5. The van der Waals surface area contributed by atoms with E-state index in [4.69, 9.17) is 9.72 Å². The Kier molecular flexibility index (Phi) is 6.00. The molecule has 0 aliphatic carbocycles. The van der Waals surface area contributed by atoms with Gasteiger partial charge in [0.05, 0.1) is 22.2 Å². The summed E-state index contributed by atoms with van der Waals surface area (Å²) in [6, 6.07) is 20.0. The number of hydrogen-bond donors (Lipinski definition) is 3. The largest absolute Gasteiger partial charge is 0.478 e. The Labute approximate surface area is 184 Å². The molecule has 3 N–H and O–H groups in total. The molecule has 3 aromatic carbocycles. The molecule has 0 aliphatic heterocycles. The number of nitrogens with one attached hydrogen (secondary N) is 1. The first-order chi connectivity index (χ1) is 15.5. The van der Waals surface area contributed by atoms with Gasteiger partial charge in [-0.25, -0.2) is 14.6 Å². The van der Waals surface area contributed by atoms with Crippen molar-refractivity contribution in [2.45, 2.75) is 18.9 Å². The van der Waals surface area contributed by atoms with Crippen molar-refractivity contribution in [3.8, 4) is 0 Å². The average Bonchev–Trinajstić information content (AvgIpc) is 3.22. The number of rotatable bonds is 8. The van der Waals surface area contributed by atoms with Crippen molar-refractivity contribution in [1.82, 2.24) is 9.97 Å². The van der Waals surface area contributed by atoms with Crippen molar-refractivity contribution in [2.75, 3.05) is 7.11 Å². The number of H-pyrrole nitrogens is 1. The van der Waals surface area contributed by atoms with Crippen LogP contribution in [0.25, 0.3) is 11.0 Å². The number of carbonyl (C=O) groups is 2. The van der Waals surface area contributed by atoms with Gasteiger partial charge in [0.15, 0.2) is 0 Å². The highest BCUT2D eigenvalue weighted by Crippen LogP contribution is 2.33. The number of carboxylic acids is 2. The lowest BCUT2D eigenvalue weighted by Crippen LogP contribution is -2.15. The number of methoxy groups -OCH3 is 1. The molecule has 4 rings (SSSR count). The van der Waals surface area contributed by atoms with Crippen LogP contribution in [-0.2, 0) is 17.6 Å². The van der Waals surface area contributed by atoms with Crippen molar-refractivity contribution in [2.24, 2.45) is 0 Å². The molecule has 162 valence electrons. The van der Waals surface area contributed by atoms with E-state index in [0.717, 1.165) is 17.8 Å². The fraction of sp³-hybridized carbons (Fsp3) is 0.160. The normalized spacial score (nSPS) is 12.0. The summed E-state index contributed by atoms with van der Waals surface area (Å²) in [7, 11) is 1.46. The zero-order valence-corrected chi connectivity index (χ0v) is 17.4. The molecule has 4 aromatic rings. The smallest absolute Gasteiger partial charge is 0.336 e. The number of benzene rings is 3. The molecule has 1 heterocycles. The van der Waals surface area contributed by atoms with Crippen molar-refractivity contribution in [1.29, 1.82) is 0 Å². The molecule has 32 heavy (non-hydrogen) atoms. The van der Waals surface area contributed by atoms with Crippen LogP contribution >= 0.6 is 0 Å². The van der Waals surface area contributed by atoms with Crippen LogP contribution in [0.4, 0.5) is 0 Å². The fourth-order valence-electron chi connectivity index (χ4n) is 3.97. The number of aryl methyl sites for hydroxylation is 2. The molecule has 1 aromatic heterocycles. The van der Waals surface area contributed by atoms with Crippen molar-refractivity contribution in [3.63, 3.8) is 0 Å². The van der Waals surface area contributed by atoms with E-state index in [1.54, 1.807) is 6.07 Å². The van der Waals surface area contributed by atoms with Crippen LogP contribution in [0, 0.1) is 0 Å². The van der Waals surface area contributed by atoms with E-state index in [9.17, 15) is 19.8 Å². The highest BCUT2D eigenvalue weighted by molar-refractivity contribution is 6.03. The minimum Gasteiger partial charge on any atom is -0.478 e. The monoisotopic (exact) mass is 430 g/mol. The zero-order chi connectivity index (χ0) is 22.7. The molecule has 0 radical (unpaired) electrons. The first-order valence-electron chi connectivity index (χ1n) is 10.1. The van der Waals surface area contributed by atoms with Gasteiger partial charge in [-0.2, -0.15) is 0 Å². The minimum absolute atomic E-state index is 0.265. The summed E-state index contributed by atoms with van der Waals surface area (Å²) in [4.78, 5) is 31.6. The molecule has 0 saturated carbocycles. The Morgan fingerprint density at radius 2 is 1.62 bits per heavy atom. The maximum absolute atomic E-state index is 11.9. The molecular weight excluding hydrogens is 408 g/mol. The number of nitrogens with zero attached hydrogens (tertiary/aromatic N) is 1. The number of fused-ring (bicyclic) bond motifs is 1. The second-order valence-corrected chi connectivity index (χ2v) is 7.41. The van der Waals surface area contributed by atoms with Crippen LogP contribution < -0.4 is 0 Å². The molecule has 7 heteroatoms. The second kappa shape index (κ2) is 9.03. The van der Waals surface area contributed by atoms with E-state index in [0.29, 0.717) is 17.5 Å². The molecule has 0 bridgehead atoms. The summed E-state index contributed by atoms with van der Waals surface area (Å²) in [6.45, 7) is 0. The second-order valence-electron chi connectivity index (χ2n) is 7.41. The summed E-state index contributed by atoms with van der Waals surface area (Å²) in [5.74, 6) is -1.82. The van der Waals surface area contributed by atoms with Gasteiger partial charge in [-0.15, -0.1) is 0 Å². The van der Waals surface area contributed by atoms with E-state index >= 15 is 0 Å². The van der Waals surface area contributed by atoms with Gasteiger partial charge in [0.1, 0.15) is 11.9 Å². The Morgan fingerprint density at radius 3 is 2.31 bits per heavy atom. The van der Waals surface area contributed by atoms with Crippen molar-refractivity contribution >= 4 is 23.0 Å². The summed E-state index contributed by atoms with van der Waals surface area (Å²) in [5.41, 5.74) is 3.04. The van der Waals surface area contributed by atoms with Crippen molar-refractivity contribution in [3.05, 3.63) is 100 Å². The van der Waals surface area contributed by atoms with E-state index in [-0.39, 0.29) is 16.7 Å². The van der Waals surface area contributed by atoms with Crippen LogP contribution in [-0.4, -0.2) is 39.2 Å². The third-order valence-electron chi connectivity index (χ3n) is 5.43. The molecule has 0 spiro atoms. The number of imidazole rings is 1. The Hall–Kier alpha value is -3.97. The average molecular weight is 430 g/mol. The minimum atomic E-state index is -1.32. The number of para-hydroxylation sites is 1. The topological polar surface area (TPSA) is 113 Å². The molecule has 0 amide bonds. The van der Waals surface area contributed by atoms with E-state index < -0.39 is 18.0 Å². The van der Waals surface area contributed by atoms with E-state index in [2.05, 4.69) is 17.1 Å². The molecule has 0 aliphatic rings. The molecule has 1 unspecified atom stereocenters. The summed E-state index contributed by atoms with van der Waals surface area (Å²) in [6.07, 6.45) is 0.743. The highest BCUT2D eigenvalue weighted by Gasteiger charge is 2.27. The van der Waals surface area contributed by atoms with Gasteiger partial charge in [-0.05, 0) is 24.1 Å². The number of aromatic amines is 1. The quantitative estimate of drug-likeness (QED) is 0.380. The lowest BCUT2D eigenvalue weighted by molar-refractivity contribution is 0.0644. The van der Waals surface area contributed by atoms with E-state index in [1.807, 2.05) is 36.4 Å². The Morgan fingerprint density at radius 1 is 0.906 bits per heavy atom. The van der Waals surface area contributed by atoms with Gasteiger partial charge in [-0.1, -0.05) is 54.6 Å². The third kappa shape index (κ3) is 4.10. The van der Waals surface area contributed by atoms with Gasteiger partial charge in [-0.3, -0.25) is 0 Å². The molecule has 0 saturated heterocycles. The predicted molar refractivity (Wildman–Crippen MR) is 119 cm³/mol. The van der Waals surface area contributed by atoms with Crippen LogP contribution in [0.5, 0.6) is 0 Å². The lowest BCUT2D eigenvalue weighted by Gasteiger charge is -2.19. The van der Waals surface area contributed by atoms with Gasteiger partial charge in [0.25, 0.3) is 0 Å². The maximum Gasteiger partial charge on any atom is 0.336 e. The van der Waals surface area contributed by atoms with Gasteiger partial charge in [0.2, 0.25) is 0 Å². The Bertz CT molecular complexity index is 1280. The maximum atomic E-state index is 11.9. The van der Waals surface area contributed by atoms with Gasteiger partial charge < -0.3 is 19.9 Å². The number of aromatic nitrogens is 2. The van der Waals surface area contributed by atoms with Crippen LogP contribution in [0.3, 0.4) is 0 Å². The van der Waals surface area contributed by atoms with Crippen LogP contribution in [0.1, 0.15) is 49.3 Å². The fourth-order valence-corrected chi connectivity index (χ4v) is 3.97. The number of aromatic carboxylic acids is 2. The summed E-state index contributed by atoms with van der Waals surface area (Å²) >= 11 is 0. The summed E-state index contributed by atoms with van der Waals surface area (Å²) in [5, 5.41) is 19.2. The van der Waals surface area contributed by atoms with Crippen LogP contribution in [0.15, 0.2) is 66.7 Å². The summed E-state index contributed by atoms with van der Waals surface area (Å²) < 4.78 is 5.68. The first-order valence-corrected chi connectivity index (χ1v) is 10.1. The van der Waals surface area contributed by atoms with Gasteiger partial charge in [0, 0.05) is 24.7 Å². The molecule has 7 nitrogen and oxygen atoms in total. The standard InChI is InChI=1S/C25H22N2O5/c1-32-23(16-9-5-10-17(24(28)29)21(16)25(30)31)18-11-6-12-19-22(18)27-20(26-19)14-13-15-7-3-2-4-8-15/h2-12,23H,13-14H2,1H3,(H,26,27)(H,28,29)(H,30,31). The SMILES string of the molecule is COC(c1cccc(C(=O)O)c1C(=O)O)c1cccc2[nH]c(CCc3ccccc3)nc12. The van der Waals surface area contributed by atoms with E-state index in [1.165, 1.54) is 24.8 Å². The van der Waals surface area contributed by atoms with Gasteiger partial charge >= 0.3 is 11.9 Å². The number of hydrogen-bond acceptors (Lipinski definition) is 4. The lowest BCUT2D eigenvalue weighted by atomic mass is 9.92. The van der Waals surface area contributed by atoms with Crippen molar-refractivity contribution < 1.29 is 24.5 Å². The first kappa shape index (κ1) is 21.3. The number of carboxylic acid groups (broad SMARTS) is 2. The zero-order valence-electron chi connectivity index (χ0n) is 17.4.